The van der Waals surface area contributed by atoms with Crippen molar-refractivity contribution in [3.05, 3.63) is 52.5 Å². The molecule has 3 rings (SSSR count). The summed E-state index contributed by atoms with van der Waals surface area (Å²) in [5.41, 5.74) is 2.70. The molecule has 0 radical (unpaired) electrons. The monoisotopic (exact) mass is 319 g/mol. The van der Waals surface area contributed by atoms with Gasteiger partial charge in [-0.25, -0.2) is 4.98 Å². The molecule has 0 unspecified atom stereocenters. The van der Waals surface area contributed by atoms with Crippen molar-refractivity contribution in [3.8, 4) is 0 Å². The zero-order valence-corrected chi connectivity index (χ0v) is 12.4. The smallest absolute Gasteiger partial charge is 0.0951 e. The molecule has 1 saturated heterocycles. The molecule has 0 spiro atoms. The van der Waals surface area contributed by atoms with Crippen molar-refractivity contribution in [2.75, 3.05) is 13.1 Å². The fraction of sp³-hybridized carbons (Fsp3) is 0.400. The molecule has 1 aromatic heterocycles. The van der Waals surface area contributed by atoms with Gasteiger partial charge in [0.1, 0.15) is 0 Å². The molecule has 1 aliphatic rings. The molecular formula is C15H18BrN3. The number of nitrogens with one attached hydrogen (secondary N) is 1. The van der Waals surface area contributed by atoms with Crippen LogP contribution in [0.3, 0.4) is 0 Å². The average molecular weight is 320 g/mol. The first-order chi connectivity index (χ1) is 9.33. The number of imidazole rings is 1. The predicted octanol–water partition coefficient (Wildman–Crippen LogP) is 3.16. The Morgan fingerprint density at radius 3 is 2.68 bits per heavy atom. The topological polar surface area (TPSA) is 29.9 Å². The maximum atomic E-state index is 4.34. The molecule has 3 nitrogen and oxygen atoms in total. The van der Waals surface area contributed by atoms with Gasteiger partial charge in [-0.3, -0.25) is 0 Å². The number of benzene rings is 1. The third-order valence-corrected chi connectivity index (χ3v) is 4.30. The van der Waals surface area contributed by atoms with Gasteiger partial charge in [-0.2, -0.15) is 0 Å². The van der Waals surface area contributed by atoms with Gasteiger partial charge in [-0.1, -0.05) is 28.1 Å². The standard InChI is InChI=1S/C15H18BrN3/c16-14-3-1-12(2-4-14)10-19-11-18-9-15(19)13-5-7-17-8-6-13/h1-4,9,11,13,17H,5-8,10H2. The molecule has 4 heteroatoms. The Labute approximate surface area is 122 Å². The molecule has 0 bridgehead atoms. The van der Waals surface area contributed by atoms with Crippen LogP contribution in [0.1, 0.15) is 30.0 Å². The van der Waals surface area contributed by atoms with E-state index in [2.05, 4.69) is 55.1 Å². The molecule has 0 amide bonds. The second kappa shape index (κ2) is 5.88. The van der Waals surface area contributed by atoms with Gasteiger partial charge in [-0.05, 0) is 43.6 Å². The Bertz CT molecular complexity index is 527. The highest BCUT2D eigenvalue weighted by molar-refractivity contribution is 9.10. The summed E-state index contributed by atoms with van der Waals surface area (Å²) in [6, 6.07) is 8.51. The summed E-state index contributed by atoms with van der Waals surface area (Å²) in [4.78, 5) is 4.34. The molecule has 0 aliphatic carbocycles. The fourth-order valence-corrected chi connectivity index (χ4v) is 2.97. The zero-order chi connectivity index (χ0) is 13.1. The van der Waals surface area contributed by atoms with Crippen LogP contribution in [-0.4, -0.2) is 22.6 Å². The molecule has 0 saturated carbocycles. The molecular weight excluding hydrogens is 302 g/mol. The summed E-state index contributed by atoms with van der Waals surface area (Å²) in [7, 11) is 0. The van der Waals surface area contributed by atoms with E-state index in [1.54, 1.807) is 0 Å². The van der Waals surface area contributed by atoms with Gasteiger partial charge < -0.3 is 9.88 Å². The Morgan fingerprint density at radius 2 is 1.95 bits per heavy atom. The summed E-state index contributed by atoms with van der Waals surface area (Å²) in [6.45, 7) is 3.15. The molecule has 19 heavy (non-hydrogen) atoms. The summed E-state index contributed by atoms with van der Waals surface area (Å²) < 4.78 is 3.42. The average Bonchev–Trinajstić information content (AvgIpc) is 2.90. The Kier molecular flexibility index (Phi) is 3.99. The first kappa shape index (κ1) is 12.9. The third kappa shape index (κ3) is 3.07. The SMILES string of the molecule is Brc1ccc(Cn2cncc2C2CCNCC2)cc1. The highest BCUT2D eigenvalue weighted by atomic mass is 79.9. The molecule has 1 aromatic carbocycles. The van der Waals surface area contributed by atoms with E-state index in [0.29, 0.717) is 5.92 Å². The van der Waals surface area contributed by atoms with E-state index in [4.69, 9.17) is 0 Å². The number of nitrogens with zero attached hydrogens (tertiary/aromatic N) is 2. The Hall–Kier alpha value is -1.13. The van der Waals surface area contributed by atoms with E-state index in [1.807, 2.05) is 12.5 Å². The van der Waals surface area contributed by atoms with Crippen LogP contribution in [0, 0.1) is 0 Å². The van der Waals surface area contributed by atoms with Crippen molar-refractivity contribution in [1.82, 2.24) is 14.9 Å². The predicted molar refractivity (Wildman–Crippen MR) is 80.3 cm³/mol. The summed E-state index contributed by atoms with van der Waals surface area (Å²) in [5, 5.41) is 3.42. The molecule has 100 valence electrons. The lowest BCUT2D eigenvalue weighted by Gasteiger charge is -2.23. The van der Waals surface area contributed by atoms with Crippen molar-refractivity contribution in [2.24, 2.45) is 0 Å². The number of hydrogen-bond acceptors (Lipinski definition) is 2. The normalized spacial score (nSPS) is 16.7. The van der Waals surface area contributed by atoms with E-state index in [0.717, 1.165) is 24.1 Å². The minimum atomic E-state index is 0.652. The van der Waals surface area contributed by atoms with Crippen LogP contribution in [-0.2, 0) is 6.54 Å². The lowest BCUT2D eigenvalue weighted by Crippen LogP contribution is -2.27. The van der Waals surface area contributed by atoms with Gasteiger partial charge in [-0.15, -0.1) is 0 Å². The third-order valence-electron chi connectivity index (χ3n) is 3.77. The first-order valence-corrected chi connectivity index (χ1v) is 7.57. The fourth-order valence-electron chi connectivity index (χ4n) is 2.71. The van der Waals surface area contributed by atoms with E-state index < -0.39 is 0 Å². The van der Waals surface area contributed by atoms with Gasteiger partial charge in [0.15, 0.2) is 0 Å². The maximum absolute atomic E-state index is 4.34. The van der Waals surface area contributed by atoms with Crippen LogP contribution in [0.25, 0.3) is 0 Å². The highest BCUT2D eigenvalue weighted by Gasteiger charge is 2.18. The van der Waals surface area contributed by atoms with Gasteiger partial charge in [0.25, 0.3) is 0 Å². The number of aromatic nitrogens is 2. The van der Waals surface area contributed by atoms with Crippen LogP contribution < -0.4 is 5.32 Å². The van der Waals surface area contributed by atoms with Crippen LogP contribution in [0.4, 0.5) is 0 Å². The van der Waals surface area contributed by atoms with E-state index >= 15 is 0 Å². The lowest BCUT2D eigenvalue weighted by molar-refractivity contribution is 0.442. The van der Waals surface area contributed by atoms with Crippen LogP contribution in [0.15, 0.2) is 41.3 Å². The van der Waals surface area contributed by atoms with E-state index in [-0.39, 0.29) is 0 Å². The quantitative estimate of drug-likeness (QED) is 0.941. The maximum Gasteiger partial charge on any atom is 0.0951 e. The van der Waals surface area contributed by atoms with Crippen LogP contribution in [0.2, 0.25) is 0 Å². The molecule has 2 aromatic rings. The summed E-state index contributed by atoms with van der Waals surface area (Å²) in [5.74, 6) is 0.652. The number of piperidine rings is 1. The second-order valence-electron chi connectivity index (χ2n) is 5.10. The van der Waals surface area contributed by atoms with Crippen molar-refractivity contribution in [1.29, 1.82) is 0 Å². The largest absolute Gasteiger partial charge is 0.330 e. The molecule has 0 atom stereocenters. The Balaban J connectivity index is 1.77. The molecule has 1 N–H and O–H groups in total. The van der Waals surface area contributed by atoms with E-state index in [1.165, 1.54) is 24.1 Å². The minimum absolute atomic E-state index is 0.652. The van der Waals surface area contributed by atoms with Gasteiger partial charge in [0, 0.05) is 28.8 Å². The lowest BCUT2D eigenvalue weighted by atomic mass is 9.95. The van der Waals surface area contributed by atoms with Crippen LogP contribution in [0.5, 0.6) is 0 Å². The number of halogens is 1. The second-order valence-corrected chi connectivity index (χ2v) is 6.01. The minimum Gasteiger partial charge on any atom is -0.330 e. The van der Waals surface area contributed by atoms with Gasteiger partial charge in [0.2, 0.25) is 0 Å². The van der Waals surface area contributed by atoms with Crippen molar-refractivity contribution >= 4 is 15.9 Å². The highest BCUT2D eigenvalue weighted by Crippen LogP contribution is 2.25. The van der Waals surface area contributed by atoms with Crippen molar-refractivity contribution < 1.29 is 0 Å². The summed E-state index contributed by atoms with van der Waals surface area (Å²) in [6.07, 6.45) is 6.42. The number of rotatable bonds is 3. The van der Waals surface area contributed by atoms with E-state index in [9.17, 15) is 0 Å². The molecule has 1 fully saturated rings. The zero-order valence-electron chi connectivity index (χ0n) is 10.8. The van der Waals surface area contributed by atoms with Gasteiger partial charge in [0.05, 0.1) is 6.33 Å². The Morgan fingerprint density at radius 1 is 1.21 bits per heavy atom. The van der Waals surface area contributed by atoms with Crippen molar-refractivity contribution in [3.63, 3.8) is 0 Å². The molecule has 2 heterocycles. The van der Waals surface area contributed by atoms with Crippen LogP contribution >= 0.6 is 15.9 Å². The number of hydrogen-bond donors (Lipinski definition) is 1. The van der Waals surface area contributed by atoms with Crippen molar-refractivity contribution in [2.45, 2.75) is 25.3 Å². The summed E-state index contributed by atoms with van der Waals surface area (Å²) >= 11 is 3.47. The molecule has 1 aliphatic heterocycles. The first-order valence-electron chi connectivity index (χ1n) is 6.78. The van der Waals surface area contributed by atoms with Gasteiger partial charge >= 0.3 is 0 Å².